The Hall–Kier alpha value is -2.69. The van der Waals surface area contributed by atoms with Crippen LogP contribution in [0.1, 0.15) is 24.0 Å². The Bertz CT molecular complexity index is 781. The van der Waals surface area contributed by atoms with Gasteiger partial charge in [-0.3, -0.25) is 4.79 Å². The first-order valence-electron chi connectivity index (χ1n) is 8.55. The fraction of sp³-hybridized carbons (Fsp3) is 0.350. The molecule has 1 amide bonds. The van der Waals surface area contributed by atoms with E-state index in [9.17, 15) is 4.79 Å². The van der Waals surface area contributed by atoms with E-state index in [0.29, 0.717) is 19.0 Å². The molecule has 0 radical (unpaired) electrons. The summed E-state index contributed by atoms with van der Waals surface area (Å²) < 4.78 is 16.8. The molecule has 5 heteroatoms. The van der Waals surface area contributed by atoms with E-state index in [2.05, 4.69) is 5.32 Å². The van der Waals surface area contributed by atoms with Crippen molar-refractivity contribution >= 4 is 5.91 Å². The number of fused-ring (bicyclic) bond motifs is 1. The van der Waals surface area contributed by atoms with E-state index in [0.717, 1.165) is 35.5 Å². The maximum Gasteiger partial charge on any atom is 0.258 e. The number of aryl methyl sites for hydroxylation is 1. The molecule has 130 valence electrons. The molecule has 4 rings (SSSR count). The number of amides is 1. The van der Waals surface area contributed by atoms with Gasteiger partial charge in [-0.05, 0) is 49.6 Å². The third-order valence-corrected chi connectivity index (χ3v) is 4.61. The second-order valence-electron chi connectivity index (χ2n) is 6.59. The molecule has 0 bridgehead atoms. The maximum atomic E-state index is 12.3. The predicted octanol–water partition coefficient (Wildman–Crippen LogP) is 2.95. The lowest BCUT2D eigenvalue weighted by molar-refractivity contribution is -0.124. The number of benzene rings is 2. The molecule has 0 spiro atoms. The topological polar surface area (TPSA) is 56.8 Å². The number of ether oxygens (including phenoxy) is 3. The van der Waals surface area contributed by atoms with Crippen LogP contribution < -0.4 is 19.5 Å². The number of hydrogen-bond acceptors (Lipinski definition) is 4. The lowest BCUT2D eigenvalue weighted by Crippen LogP contribution is -2.38. The molecule has 2 aromatic rings. The molecule has 1 N–H and O–H groups in total. The van der Waals surface area contributed by atoms with Crippen molar-refractivity contribution in [1.29, 1.82) is 0 Å². The molecule has 1 aliphatic heterocycles. The van der Waals surface area contributed by atoms with E-state index >= 15 is 0 Å². The first-order valence-corrected chi connectivity index (χ1v) is 8.55. The van der Waals surface area contributed by atoms with Crippen LogP contribution in [0.15, 0.2) is 42.5 Å². The molecule has 1 aliphatic carbocycles. The number of carbonyl (C=O) groups excluding carboxylic acids is 1. The van der Waals surface area contributed by atoms with Gasteiger partial charge >= 0.3 is 0 Å². The Morgan fingerprint density at radius 2 is 1.80 bits per heavy atom. The minimum atomic E-state index is -0.302. The normalized spacial score (nSPS) is 16.8. The van der Waals surface area contributed by atoms with Gasteiger partial charge in [-0.1, -0.05) is 23.8 Å². The Labute approximate surface area is 146 Å². The zero-order chi connectivity index (χ0) is 17.3. The van der Waals surface area contributed by atoms with Crippen molar-refractivity contribution in [3.63, 3.8) is 0 Å². The summed E-state index contributed by atoms with van der Waals surface area (Å²) in [6.45, 7) is 3.15. The lowest BCUT2D eigenvalue weighted by Gasteiger charge is -2.22. The molecular formula is C20H21NO4. The molecule has 5 nitrogen and oxygen atoms in total. The summed E-state index contributed by atoms with van der Waals surface area (Å²) in [6, 6.07) is 13.6. The average molecular weight is 339 g/mol. The third kappa shape index (κ3) is 3.40. The van der Waals surface area contributed by atoms with Crippen molar-refractivity contribution in [3.8, 4) is 17.2 Å². The van der Waals surface area contributed by atoms with Gasteiger partial charge in [0, 0.05) is 0 Å². The van der Waals surface area contributed by atoms with Gasteiger partial charge in [-0.2, -0.15) is 0 Å². The number of carbonyl (C=O) groups is 1. The van der Waals surface area contributed by atoms with E-state index in [1.807, 2.05) is 49.4 Å². The van der Waals surface area contributed by atoms with Crippen LogP contribution in [0.3, 0.4) is 0 Å². The van der Waals surface area contributed by atoms with Gasteiger partial charge in [0.2, 0.25) is 0 Å². The fourth-order valence-electron chi connectivity index (χ4n) is 3.04. The van der Waals surface area contributed by atoms with Crippen molar-refractivity contribution in [2.24, 2.45) is 0 Å². The van der Waals surface area contributed by atoms with Gasteiger partial charge in [0.05, 0.1) is 5.54 Å². The second kappa shape index (κ2) is 6.31. The molecule has 0 saturated heterocycles. The number of hydrogen-bond donors (Lipinski definition) is 1. The van der Waals surface area contributed by atoms with Gasteiger partial charge in [0.15, 0.2) is 18.1 Å². The van der Waals surface area contributed by atoms with Gasteiger partial charge < -0.3 is 19.5 Å². The van der Waals surface area contributed by atoms with Crippen molar-refractivity contribution in [1.82, 2.24) is 5.32 Å². The molecule has 2 aliphatic rings. The molecule has 1 heterocycles. The molecule has 2 aromatic carbocycles. The quantitative estimate of drug-likeness (QED) is 0.910. The van der Waals surface area contributed by atoms with Crippen LogP contribution in [0, 0.1) is 6.92 Å². The average Bonchev–Trinajstić information content (AvgIpc) is 3.41. The summed E-state index contributed by atoms with van der Waals surface area (Å²) in [5.74, 6) is 2.10. The van der Waals surface area contributed by atoms with Crippen molar-refractivity contribution in [2.45, 2.75) is 25.3 Å². The fourth-order valence-corrected chi connectivity index (χ4v) is 3.04. The summed E-state index contributed by atoms with van der Waals surface area (Å²) >= 11 is 0. The van der Waals surface area contributed by atoms with Crippen LogP contribution in [0.2, 0.25) is 0 Å². The molecule has 1 fully saturated rings. The Morgan fingerprint density at radius 1 is 1.08 bits per heavy atom. The van der Waals surface area contributed by atoms with Crippen molar-refractivity contribution in [2.75, 3.05) is 19.8 Å². The number of rotatable bonds is 5. The van der Waals surface area contributed by atoms with E-state index in [4.69, 9.17) is 14.2 Å². The number of nitrogens with one attached hydrogen (secondary N) is 1. The van der Waals surface area contributed by atoms with Gasteiger partial charge in [0.1, 0.15) is 19.0 Å². The molecule has 0 aromatic heterocycles. The van der Waals surface area contributed by atoms with E-state index in [1.54, 1.807) is 0 Å². The second-order valence-corrected chi connectivity index (χ2v) is 6.59. The standard InChI is InChI=1S/C20H21NO4/c1-14-2-5-16(6-3-14)25-13-19(22)21-20(8-9-20)15-4-7-17-18(12-15)24-11-10-23-17/h2-7,12H,8-11,13H2,1H3,(H,21,22). The van der Waals surface area contributed by atoms with Crippen LogP contribution in [0.5, 0.6) is 17.2 Å². The SMILES string of the molecule is Cc1ccc(OCC(=O)NC2(c3ccc4c(c3)OCCO4)CC2)cc1. The van der Waals surface area contributed by atoms with Crippen molar-refractivity contribution < 1.29 is 19.0 Å². The Balaban J connectivity index is 1.39. The molecule has 1 saturated carbocycles. The zero-order valence-electron chi connectivity index (χ0n) is 14.2. The maximum absolute atomic E-state index is 12.3. The molecule has 25 heavy (non-hydrogen) atoms. The Morgan fingerprint density at radius 3 is 2.52 bits per heavy atom. The molecule has 0 unspecified atom stereocenters. The minimum absolute atomic E-state index is 0.00929. The molecule has 0 atom stereocenters. The first kappa shape index (κ1) is 15.8. The summed E-state index contributed by atoms with van der Waals surface area (Å²) in [4.78, 5) is 12.3. The summed E-state index contributed by atoms with van der Waals surface area (Å²) in [5, 5.41) is 3.11. The summed E-state index contributed by atoms with van der Waals surface area (Å²) in [6.07, 6.45) is 1.84. The van der Waals surface area contributed by atoms with Crippen molar-refractivity contribution in [3.05, 3.63) is 53.6 Å². The first-order chi connectivity index (χ1) is 12.1. The lowest BCUT2D eigenvalue weighted by atomic mass is 10.0. The highest BCUT2D eigenvalue weighted by molar-refractivity contribution is 5.79. The van der Waals surface area contributed by atoms with Gasteiger partial charge in [0.25, 0.3) is 5.91 Å². The zero-order valence-corrected chi connectivity index (χ0v) is 14.2. The van der Waals surface area contributed by atoms with Crippen LogP contribution >= 0.6 is 0 Å². The van der Waals surface area contributed by atoms with Gasteiger partial charge in [-0.15, -0.1) is 0 Å². The summed E-state index contributed by atoms with van der Waals surface area (Å²) in [5.41, 5.74) is 1.91. The Kier molecular flexibility index (Phi) is 3.99. The highest BCUT2D eigenvalue weighted by atomic mass is 16.6. The third-order valence-electron chi connectivity index (χ3n) is 4.61. The predicted molar refractivity (Wildman–Crippen MR) is 93.2 cm³/mol. The van der Waals surface area contributed by atoms with Crippen LogP contribution in [-0.2, 0) is 10.3 Å². The molecular weight excluding hydrogens is 318 g/mol. The monoisotopic (exact) mass is 339 g/mol. The van der Waals surface area contributed by atoms with Gasteiger partial charge in [-0.25, -0.2) is 0 Å². The highest BCUT2D eigenvalue weighted by Gasteiger charge is 2.46. The van der Waals surface area contributed by atoms with Crippen LogP contribution in [-0.4, -0.2) is 25.7 Å². The van der Waals surface area contributed by atoms with E-state index in [-0.39, 0.29) is 18.1 Å². The van der Waals surface area contributed by atoms with Crippen LogP contribution in [0.25, 0.3) is 0 Å². The minimum Gasteiger partial charge on any atom is -0.486 e. The van der Waals surface area contributed by atoms with Crippen LogP contribution in [0.4, 0.5) is 0 Å². The smallest absolute Gasteiger partial charge is 0.258 e. The highest BCUT2D eigenvalue weighted by Crippen LogP contribution is 2.47. The largest absolute Gasteiger partial charge is 0.486 e. The van der Waals surface area contributed by atoms with E-state index in [1.165, 1.54) is 0 Å². The summed E-state index contributed by atoms with van der Waals surface area (Å²) in [7, 11) is 0. The van der Waals surface area contributed by atoms with E-state index < -0.39 is 0 Å².